The molecule has 1 aliphatic rings. The summed E-state index contributed by atoms with van der Waals surface area (Å²) in [5.41, 5.74) is 2.69. The van der Waals surface area contributed by atoms with Crippen molar-refractivity contribution in [1.29, 1.82) is 0 Å². The number of hydrogen-bond acceptors (Lipinski definition) is 6. The summed E-state index contributed by atoms with van der Waals surface area (Å²) in [6.45, 7) is 1.16. The Hall–Kier alpha value is -3.44. The van der Waals surface area contributed by atoms with Crippen LogP contribution in [0.25, 0.3) is 0 Å². The molecule has 0 saturated heterocycles. The number of pyridine rings is 1. The minimum atomic E-state index is -4.80. The maximum Gasteiger partial charge on any atom is 0.425 e. The lowest BCUT2D eigenvalue weighted by Gasteiger charge is -2.36. The van der Waals surface area contributed by atoms with Gasteiger partial charge in [-0.3, -0.25) is 4.79 Å². The van der Waals surface area contributed by atoms with E-state index < -0.39 is 53.4 Å². The van der Waals surface area contributed by atoms with Crippen LogP contribution in [0.5, 0.6) is 5.75 Å². The number of halogens is 5. The summed E-state index contributed by atoms with van der Waals surface area (Å²) in [5.74, 6) is -3.16. The molecule has 31 heavy (non-hydrogen) atoms. The molecule has 0 fully saturated rings. The fourth-order valence-electron chi connectivity index (χ4n) is 3.10. The number of aromatic nitrogens is 1. The number of anilines is 1. The zero-order valence-electron chi connectivity index (χ0n) is 16.3. The van der Waals surface area contributed by atoms with Gasteiger partial charge in [0.25, 0.3) is 11.9 Å². The number of carbonyl (C=O) groups excluding carboxylic acids is 1. The Morgan fingerprint density at radius 1 is 1.32 bits per heavy atom. The fourth-order valence-corrected chi connectivity index (χ4v) is 3.10. The molecule has 7 nitrogen and oxygen atoms in total. The molecule has 2 aromatic rings. The lowest BCUT2D eigenvalue weighted by atomic mass is 9.85. The topological polar surface area (TPSA) is 98.8 Å². The molecule has 0 aliphatic carbocycles. The highest BCUT2D eigenvalue weighted by molar-refractivity contribution is 6.02. The molecule has 1 amide bonds. The van der Waals surface area contributed by atoms with Crippen molar-refractivity contribution in [3.8, 4) is 5.75 Å². The van der Waals surface area contributed by atoms with E-state index >= 15 is 0 Å². The number of nitrogens with two attached hydrogens (primary N) is 1. The molecule has 0 spiro atoms. The van der Waals surface area contributed by atoms with Crippen LogP contribution < -0.4 is 15.8 Å². The number of carbonyl (C=O) groups is 1. The number of ether oxygens (including phenoxy) is 2. The van der Waals surface area contributed by atoms with Crippen molar-refractivity contribution in [1.82, 2.24) is 4.98 Å². The predicted octanol–water partition coefficient (Wildman–Crippen LogP) is 3.50. The van der Waals surface area contributed by atoms with Crippen LogP contribution in [0, 0.1) is 11.6 Å². The second-order valence-corrected chi connectivity index (χ2v) is 6.93. The van der Waals surface area contributed by atoms with Crippen LogP contribution in [0.15, 0.2) is 35.5 Å². The van der Waals surface area contributed by atoms with Crippen LogP contribution in [-0.2, 0) is 10.3 Å². The average Bonchev–Trinajstić information content (AvgIpc) is 2.69. The number of aliphatic imine (C=N–C) groups is 1. The van der Waals surface area contributed by atoms with E-state index in [4.69, 9.17) is 10.5 Å². The van der Waals surface area contributed by atoms with Crippen LogP contribution in [-0.4, -0.2) is 36.3 Å². The lowest BCUT2D eigenvalue weighted by molar-refractivity contribution is -0.208. The van der Waals surface area contributed by atoms with Gasteiger partial charge in [-0.1, -0.05) is 0 Å². The van der Waals surface area contributed by atoms with Crippen molar-refractivity contribution < 1.29 is 36.2 Å². The van der Waals surface area contributed by atoms with Crippen molar-refractivity contribution >= 4 is 17.6 Å². The number of alkyl halides is 3. The van der Waals surface area contributed by atoms with E-state index in [1.807, 2.05) is 0 Å². The molecule has 0 radical (unpaired) electrons. The maximum absolute atomic E-state index is 14.6. The molecule has 166 valence electrons. The summed E-state index contributed by atoms with van der Waals surface area (Å²) in [6.07, 6.45) is -6.73. The third-order valence-corrected chi connectivity index (χ3v) is 4.64. The Bertz CT molecular complexity index is 1030. The van der Waals surface area contributed by atoms with Gasteiger partial charge in [-0.2, -0.15) is 13.2 Å². The molecule has 0 saturated carbocycles. The molecule has 0 unspecified atom stereocenters. The zero-order valence-corrected chi connectivity index (χ0v) is 16.3. The second kappa shape index (κ2) is 8.00. The lowest BCUT2D eigenvalue weighted by Crippen LogP contribution is -2.46. The third-order valence-electron chi connectivity index (χ3n) is 4.64. The Morgan fingerprint density at radius 2 is 2.03 bits per heavy atom. The molecule has 2 atom stereocenters. The maximum atomic E-state index is 14.6. The van der Waals surface area contributed by atoms with Crippen LogP contribution in [0.3, 0.4) is 0 Å². The van der Waals surface area contributed by atoms with Gasteiger partial charge in [0.1, 0.15) is 11.4 Å². The van der Waals surface area contributed by atoms with Crippen LogP contribution >= 0.6 is 0 Å². The first-order valence-corrected chi connectivity index (χ1v) is 8.82. The van der Waals surface area contributed by atoms with Crippen LogP contribution in [0.4, 0.5) is 27.6 Å². The van der Waals surface area contributed by atoms with Gasteiger partial charge in [0, 0.05) is 23.7 Å². The van der Waals surface area contributed by atoms with E-state index in [-0.39, 0.29) is 11.4 Å². The number of nitrogens with zero attached hydrogens (tertiary/aromatic N) is 2. The molecule has 3 rings (SSSR count). The van der Waals surface area contributed by atoms with E-state index in [1.54, 1.807) is 0 Å². The first-order valence-electron chi connectivity index (χ1n) is 8.82. The standard InChI is InChI=1S/C19H17F5N4O3/c1-18(7-14(19(22,23)24)31-17(25)28-18)11-5-9(6-12(20)15(11)21)27-16(29)13-4-3-10(30-2)8-26-13/h3-6,8,14H,7H2,1-2H3,(H2,25,28)(H,27,29)/t14-,18+/m0/s1. The SMILES string of the molecule is COc1ccc(C(=O)Nc2cc(F)c(F)c([C@@]3(C)C[C@@H](C(F)(F)F)OC(N)=N3)c2)nc1. The Morgan fingerprint density at radius 3 is 2.61 bits per heavy atom. The van der Waals surface area contributed by atoms with E-state index in [0.29, 0.717) is 11.8 Å². The Kier molecular flexibility index (Phi) is 5.74. The quantitative estimate of drug-likeness (QED) is 0.704. The highest BCUT2D eigenvalue weighted by atomic mass is 19.4. The molecule has 2 heterocycles. The van der Waals surface area contributed by atoms with Crippen LogP contribution in [0.1, 0.15) is 29.4 Å². The third kappa shape index (κ3) is 4.67. The summed E-state index contributed by atoms with van der Waals surface area (Å²) in [4.78, 5) is 20.0. The number of benzene rings is 1. The molecule has 1 aliphatic heterocycles. The normalized spacial score (nSPS) is 21.1. The van der Waals surface area contributed by atoms with Gasteiger partial charge in [-0.25, -0.2) is 18.8 Å². The van der Waals surface area contributed by atoms with E-state index in [2.05, 4.69) is 20.0 Å². The van der Waals surface area contributed by atoms with E-state index in [1.165, 1.54) is 25.4 Å². The highest BCUT2D eigenvalue weighted by Gasteiger charge is 2.50. The van der Waals surface area contributed by atoms with Crippen molar-refractivity contribution in [2.24, 2.45) is 10.7 Å². The Labute approximate surface area is 173 Å². The van der Waals surface area contributed by atoms with Crippen molar-refractivity contribution in [2.45, 2.75) is 31.2 Å². The molecule has 12 heteroatoms. The summed E-state index contributed by atoms with van der Waals surface area (Å²) >= 11 is 0. The number of amidine groups is 1. The predicted molar refractivity (Wildman–Crippen MR) is 99.6 cm³/mol. The van der Waals surface area contributed by atoms with Gasteiger partial charge in [-0.15, -0.1) is 0 Å². The van der Waals surface area contributed by atoms with Crippen LogP contribution in [0.2, 0.25) is 0 Å². The average molecular weight is 444 g/mol. The van der Waals surface area contributed by atoms with Gasteiger partial charge < -0.3 is 20.5 Å². The Balaban J connectivity index is 1.95. The minimum Gasteiger partial charge on any atom is -0.495 e. The summed E-state index contributed by atoms with van der Waals surface area (Å²) in [7, 11) is 1.41. The van der Waals surface area contributed by atoms with Gasteiger partial charge >= 0.3 is 6.18 Å². The monoisotopic (exact) mass is 444 g/mol. The first kappa shape index (κ1) is 22.2. The van der Waals surface area contributed by atoms with Gasteiger partial charge in [0.15, 0.2) is 17.7 Å². The van der Waals surface area contributed by atoms with Gasteiger partial charge in [0.05, 0.1) is 18.8 Å². The molecular weight excluding hydrogens is 427 g/mol. The number of nitrogens with one attached hydrogen (secondary N) is 1. The molecular formula is C19H17F5N4O3. The van der Waals surface area contributed by atoms with Crippen molar-refractivity contribution in [3.05, 3.63) is 53.4 Å². The summed E-state index contributed by atoms with van der Waals surface area (Å²) < 4.78 is 77.8. The van der Waals surface area contributed by atoms with Gasteiger partial charge in [-0.05, 0) is 25.1 Å². The molecule has 3 N–H and O–H groups in total. The van der Waals surface area contributed by atoms with E-state index in [0.717, 1.165) is 13.0 Å². The largest absolute Gasteiger partial charge is 0.495 e. The second-order valence-electron chi connectivity index (χ2n) is 6.93. The fraction of sp³-hybridized carbons (Fsp3) is 0.316. The summed E-state index contributed by atoms with van der Waals surface area (Å²) in [6, 6.07) is 3.68. The van der Waals surface area contributed by atoms with Gasteiger partial charge in [0.2, 0.25) is 0 Å². The van der Waals surface area contributed by atoms with Crippen molar-refractivity contribution in [2.75, 3.05) is 12.4 Å². The highest BCUT2D eigenvalue weighted by Crippen LogP contribution is 2.41. The van der Waals surface area contributed by atoms with Crippen molar-refractivity contribution in [3.63, 3.8) is 0 Å². The smallest absolute Gasteiger partial charge is 0.425 e. The number of methoxy groups -OCH3 is 1. The molecule has 0 bridgehead atoms. The number of rotatable bonds is 4. The minimum absolute atomic E-state index is 0.0521. The van der Waals surface area contributed by atoms with E-state index in [9.17, 15) is 26.7 Å². The number of amides is 1. The molecule has 1 aromatic heterocycles. The zero-order chi connectivity index (χ0) is 23.0. The first-order chi connectivity index (χ1) is 14.4. The number of hydrogen-bond donors (Lipinski definition) is 2. The molecule has 1 aromatic carbocycles. The summed E-state index contributed by atoms with van der Waals surface area (Å²) in [5, 5.41) is 2.33.